The second kappa shape index (κ2) is 2.36. The lowest BCUT2D eigenvalue weighted by Crippen LogP contribution is -2.44. The fraction of sp³-hybridized carbons (Fsp3) is 0.600. The summed E-state index contributed by atoms with van der Waals surface area (Å²) in [6, 6.07) is 0. The molecule has 1 aliphatic rings. The lowest BCUT2D eigenvalue weighted by Gasteiger charge is -2.21. The number of rotatable bonds is 1. The summed E-state index contributed by atoms with van der Waals surface area (Å²) >= 11 is 0. The Morgan fingerprint density at radius 3 is 2.90 bits per heavy atom. The van der Waals surface area contributed by atoms with Crippen LogP contribution in [0.1, 0.15) is 6.92 Å². The van der Waals surface area contributed by atoms with Crippen LogP contribution in [-0.4, -0.2) is 25.3 Å². The van der Waals surface area contributed by atoms with E-state index in [1.165, 1.54) is 13.4 Å². The SMILES string of the molecule is COC1(N)N=CNC(C)=N1. The molecular weight excluding hydrogens is 132 g/mol. The van der Waals surface area contributed by atoms with Gasteiger partial charge in [-0.25, -0.2) is 9.98 Å². The molecule has 5 heteroatoms. The normalized spacial score (nSPS) is 31.3. The first kappa shape index (κ1) is 7.17. The molecule has 0 aromatic carbocycles. The molecule has 1 unspecified atom stereocenters. The molecule has 0 saturated carbocycles. The Hall–Kier alpha value is -0.940. The van der Waals surface area contributed by atoms with Gasteiger partial charge < -0.3 is 10.1 Å². The highest BCUT2D eigenvalue weighted by atomic mass is 16.5. The number of aliphatic imine (C=N–C) groups is 2. The highest BCUT2D eigenvalue weighted by molar-refractivity contribution is 5.91. The van der Waals surface area contributed by atoms with E-state index in [4.69, 9.17) is 10.5 Å². The van der Waals surface area contributed by atoms with Crippen LogP contribution in [0, 0.1) is 0 Å². The monoisotopic (exact) mass is 142 g/mol. The fourth-order valence-corrected chi connectivity index (χ4v) is 0.618. The van der Waals surface area contributed by atoms with Crippen molar-refractivity contribution in [3.8, 4) is 0 Å². The van der Waals surface area contributed by atoms with Crippen LogP contribution in [0.5, 0.6) is 0 Å². The molecular formula is C5H10N4O. The highest BCUT2D eigenvalue weighted by Gasteiger charge is 2.23. The topological polar surface area (TPSA) is 72.0 Å². The first-order valence-electron chi connectivity index (χ1n) is 2.87. The largest absolute Gasteiger partial charge is 0.335 e. The van der Waals surface area contributed by atoms with Gasteiger partial charge in [0.15, 0.2) is 0 Å². The zero-order valence-corrected chi connectivity index (χ0v) is 5.96. The Balaban J connectivity index is 2.78. The van der Waals surface area contributed by atoms with Crippen LogP contribution in [0.2, 0.25) is 0 Å². The number of methoxy groups -OCH3 is 1. The first-order chi connectivity index (χ1) is 4.66. The molecule has 1 atom stereocenters. The maximum Gasteiger partial charge on any atom is 0.320 e. The molecule has 0 radical (unpaired) electrons. The van der Waals surface area contributed by atoms with Gasteiger partial charge in [0.1, 0.15) is 5.84 Å². The Morgan fingerprint density at radius 2 is 2.50 bits per heavy atom. The van der Waals surface area contributed by atoms with E-state index in [0.717, 1.165) is 0 Å². The van der Waals surface area contributed by atoms with E-state index < -0.39 is 5.97 Å². The first-order valence-corrected chi connectivity index (χ1v) is 2.87. The Morgan fingerprint density at radius 1 is 1.80 bits per heavy atom. The van der Waals surface area contributed by atoms with Crippen LogP contribution in [0.3, 0.4) is 0 Å². The van der Waals surface area contributed by atoms with Gasteiger partial charge in [-0.3, -0.25) is 5.73 Å². The molecule has 0 spiro atoms. The van der Waals surface area contributed by atoms with E-state index in [2.05, 4.69) is 15.3 Å². The van der Waals surface area contributed by atoms with Gasteiger partial charge in [-0.05, 0) is 6.92 Å². The molecule has 5 nitrogen and oxygen atoms in total. The van der Waals surface area contributed by atoms with Crippen LogP contribution < -0.4 is 11.1 Å². The molecule has 56 valence electrons. The molecule has 1 aliphatic heterocycles. The average Bonchev–Trinajstić information content (AvgIpc) is 1.88. The van der Waals surface area contributed by atoms with Gasteiger partial charge in [0, 0.05) is 7.11 Å². The van der Waals surface area contributed by atoms with Gasteiger partial charge in [0.25, 0.3) is 0 Å². The van der Waals surface area contributed by atoms with E-state index >= 15 is 0 Å². The predicted octanol–water partition coefficient (Wildman–Crippen LogP) is -0.747. The smallest absolute Gasteiger partial charge is 0.320 e. The number of hydrogen-bond acceptors (Lipinski definition) is 5. The molecule has 1 rings (SSSR count). The van der Waals surface area contributed by atoms with Crippen molar-refractivity contribution >= 4 is 12.2 Å². The van der Waals surface area contributed by atoms with Crippen molar-refractivity contribution in [2.75, 3.05) is 7.11 Å². The molecule has 3 N–H and O–H groups in total. The summed E-state index contributed by atoms with van der Waals surface area (Å²) in [4.78, 5) is 7.66. The second-order valence-corrected chi connectivity index (χ2v) is 1.96. The number of ether oxygens (including phenoxy) is 1. The standard InChI is InChI=1S/C5H10N4O/c1-4-7-3-8-5(6,9-4)10-2/h3H,6H2,1-2H3,(H,7,8,9). The summed E-state index contributed by atoms with van der Waals surface area (Å²) in [5.41, 5.74) is 5.50. The van der Waals surface area contributed by atoms with Crippen molar-refractivity contribution in [2.45, 2.75) is 12.9 Å². The summed E-state index contributed by atoms with van der Waals surface area (Å²) in [5.74, 6) is -0.519. The summed E-state index contributed by atoms with van der Waals surface area (Å²) in [6.45, 7) is 1.78. The number of nitrogens with one attached hydrogen (secondary N) is 1. The third-order valence-corrected chi connectivity index (χ3v) is 1.15. The zero-order valence-electron chi connectivity index (χ0n) is 5.96. The number of nitrogens with zero attached hydrogens (tertiary/aromatic N) is 2. The number of nitrogens with two attached hydrogens (primary N) is 1. The van der Waals surface area contributed by atoms with Crippen LogP contribution in [0.15, 0.2) is 9.98 Å². The lowest BCUT2D eigenvalue weighted by atomic mass is 10.6. The van der Waals surface area contributed by atoms with Crippen molar-refractivity contribution in [3.05, 3.63) is 0 Å². The molecule has 10 heavy (non-hydrogen) atoms. The minimum atomic E-state index is -1.21. The van der Waals surface area contributed by atoms with Crippen molar-refractivity contribution in [1.29, 1.82) is 0 Å². The Bertz CT molecular complexity index is 188. The molecule has 0 aromatic heterocycles. The summed E-state index contributed by atoms with van der Waals surface area (Å²) in [6.07, 6.45) is 1.46. The summed E-state index contributed by atoms with van der Waals surface area (Å²) < 4.78 is 4.80. The van der Waals surface area contributed by atoms with Gasteiger partial charge in [0.2, 0.25) is 0 Å². The van der Waals surface area contributed by atoms with E-state index in [1.54, 1.807) is 6.92 Å². The minimum absolute atomic E-state index is 0.694. The highest BCUT2D eigenvalue weighted by Crippen LogP contribution is 2.06. The summed E-state index contributed by atoms with van der Waals surface area (Å²) in [5, 5.41) is 2.77. The van der Waals surface area contributed by atoms with Gasteiger partial charge in [0.05, 0.1) is 6.34 Å². The number of amidine groups is 1. The summed E-state index contributed by atoms with van der Waals surface area (Å²) in [7, 11) is 1.46. The maximum atomic E-state index is 5.50. The van der Waals surface area contributed by atoms with Crippen molar-refractivity contribution < 1.29 is 4.74 Å². The van der Waals surface area contributed by atoms with Gasteiger partial charge >= 0.3 is 5.97 Å². The molecule has 0 aromatic rings. The molecule has 0 bridgehead atoms. The maximum absolute atomic E-state index is 5.50. The van der Waals surface area contributed by atoms with E-state index in [-0.39, 0.29) is 0 Å². The van der Waals surface area contributed by atoms with Gasteiger partial charge in [-0.15, -0.1) is 0 Å². The third kappa shape index (κ3) is 1.31. The number of hydrogen-bond donors (Lipinski definition) is 2. The minimum Gasteiger partial charge on any atom is -0.335 e. The molecule has 0 aliphatic carbocycles. The lowest BCUT2D eigenvalue weighted by molar-refractivity contribution is 0.0100. The van der Waals surface area contributed by atoms with Crippen molar-refractivity contribution in [1.82, 2.24) is 5.32 Å². The van der Waals surface area contributed by atoms with Gasteiger partial charge in [-0.1, -0.05) is 0 Å². The van der Waals surface area contributed by atoms with E-state index in [9.17, 15) is 0 Å². The van der Waals surface area contributed by atoms with Crippen molar-refractivity contribution in [2.24, 2.45) is 15.7 Å². The van der Waals surface area contributed by atoms with Crippen LogP contribution >= 0.6 is 0 Å². The predicted molar refractivity (Wildman–Crippen MR) is 38.7 cm³/mol. The molecule has 0 amide bonds. The fourth-order valence-electron chi connectivity index (χ4n) is 0.618. The van der Waals surface area contributed by atoms with Gasteiger partial charge in [-0.2, -0.15) is 0 Å². The van der Waals surface area contributed by atoms with Crippen molar-refractivity contribution in [3.63, 3.8) is 0 Å². The Labute approximate surface area is 59.0 Å². The van der Waals surface area contributed by atoms with Crippen LogP contribution in [0.4, 0.5) is 0 Å². The van der Waals surface area contributed by atoms with Crippen LogP contribution in [0.25, 0.3) is 0 Å². The molecule has 0 fully saturated rings. The average molecular weight is 142 g/mol. The quantitative estimate of drug-likeness (QED) is 0.473. The zero-order chi connectivity index (χ0) is 7.61. The molecule has 1 heterocycles. The third-order valence-electron chi connectivity index (χ3n) is 1.15. The second-order valence-electron chi connectivity index (χ2n) is 1.96. The van der Waals surface area contributed by atoms with E-state index in [0.29, 0.717) is 5.84 Å². The van der Waals surface area contributed by atoms with E-state index in [1.807, 2.05) is 0 Å². The Kier molecular flexibility index (Phi) is 1.69. The van der Waals surface area contributed by atoms with Crippen LogP contribution in [-0.2, 0) is 4.74 Å². The molecule has 0 saturated heterocycles.